The second-order valence-corrected chi connectivity index (χ2v) is 3.89. The number of aliphatic hydroxyl groups excluding tert-OH is 1. The Balaban J connectivity index is 3.84. The first-order valence-electron chi connectivity index (χ1n) is 5.29. The maximum atomic E-state index is 10.9. The van der Waals surface area contributed by atoms with Crippen LogP contribution in [0.4, 0.5) is 0 Å². The molecule has 0 heterocycles. The fourth-order valence-corrected chi connectivity index (χ4v) is 0.925. The fraction of sp³-hybridized carbons (Fsp3) is 0.462. The molecule has 1 atom stereocenters. The molecule has 0 aliphatic heterocycles. The SMILES string of the molecule is C=C(C=COC(=O)C(C)O)CCC=C(C)C. The highest BCUT2D eigenvalue weighted by molar-refractivity contribution is 5.74. The summed E-state index contributed by atoms with van der Waals surface area (Å²) >= 11 is 0. The molecule has 16 heavy (non-hydrogen) atoms. The zero-order valence-electron chi connectivity index (χ0n) is 10.2. The summed E-state index contributed by atoms with van der Waals surface area (Å²) in [7, 11) is 0. The Morgan fingerprint density at radius 2 is 2.12 bits per heavy atom. The van der Waals surface area contributed by atoms with Crippen LogP contribution in [0.5, 0.6) is 0 Å². The summed E-state index contributed by atoms with van der Waals surface area (Å²) in [5.74, 6) is -0.659. The standard InChI is InChI=1S/C13H20O3/c1-10(2)6-5-7-11(3)8-9-16-13(15)12(4)14/h6,8-9,12,14H,3,5,7H2,1-2,4H3. The van der Waals surface area contributed by atoms with Crippen molar-refractivity contribution in [2.24, 2.45) is 0 Å². The van der Waals surface area contributed by atoms with Crippen molar-refractivity contribution < 1.29 is 14.6 Å². The summed E-state index contributed by atoms with van der Waals surface area (Å²) in [6, 6.07) is 0. The summed E-state index contributed by atoms with van der Waals surface area (Å²) in [6.07, 6.45) is 5.69. The molecule has 0 bridgehead atoms. The normalized spacial score (nSPS) is 12.2. The minimum absolute atomic E-state index is 0.659. The van der Waals surface area contributed by atoms with Gasteiger partial charge in [0.05, 0.1) is 6.26 Å². The van der Waals surface area contributed by atoms with E-state index in [2.05, 4.69) is 17.4 Å². The number of hydrogen-bond acceptors (Lipinski definition) is 3. The number of carbonyl (C=O) groups is 1. The average molecular weight is 224 g/mol. The van der Waals surface area contributed by atoms with Crippen LogP contribution in [-0.2, 0) is 9.53 Å². The van der Waals surface area contributed by atoms with Crippen molar-refractivity contribution in [3.05, 3.63) is 36.1 Å². The molecule has 0 rings (SSSR count). The van der Waals surface area contributed by atoms with E-state index < -0.39 is 12.1 Å². The van der Waals surface area contributed by atoms with E-state index in [0.717, 1.165) is 18.4 Å². The summed E-state index contributed by atoms with van der Waals surface area (Å²) in [5.41, 5.74) is 2.16. The maximum Gasteiger partial charge on any atom is 0.339 e. The van der Waals surface area contributed by atoms with Gasteiger partial charge in [-0.1, -0.05) is 23.8 Å². The molecule has 0 amide bonds. The molecule has 0 saturated heterocycles. The van der Waals surface area contributed by atoms with E-state index in [1.807, 2.05) is 13.8 Å². The quantitative estimate of drug-likeness (QED) is 0.326. The zero-order valence-corrected chi connectivity index (χ0v) is 10.2. The van der Waals surface area contributed by atoms with Crippen molar-refractivity contribution in [3.63, 3.8) is 0 Å². The predicted molar refractivity (Wildman–Crippen MR) is 64.7 cm³/mol. The molecule has 0 aromatic rings. The van der Waals surface area contributed by atoms with E-state index in [4.69, 9.17) is 5.11 Å². The number of carbonyl (C=O) groups excluding carboxylic acids is 1. The first-order chi connectivity index (χ1) is 7.43. The second-order valence-electron chi connectivity index (χ2n) is 3.89. The van der Waals surface area contributed by atoms with Crippen LogP contribution in [0.15, 0.2) is 36.1 Å². The molecule has 1 unspecified atom stereocenters. The molecule has 0 fully saturated rings. The van der Waals surface area contributed by atoms with E-state index in [1.165, 1.54) is 18.8 Å². The molecular weight excluding hydrogens is 204 g/mol. The zero-order chi connectivity index (χ0) is 12.6. The first kappa shape index (κ1) is 14.6. The molecule has 3 heteroatoms. The summed E-state index contributed by atoms with van der Waals surface area (Å²) < 4.78 is 4.66. The molecule has 3 nitrogen and oxygen atoms in total. The lowest BCUT2D eigenvalue weighted by Gasteiger charge is -2.01. The molecule has 0 aliphatic carbocycles. The van der Waals surface area contributed by atoms with Crippen molar-refractivity contribution in [1.82, 2.24) is 0 Å². The van der Waals surface area contributed by atoms with Gasteiger partial charge in [0.15, 0.2) is 0 Å². The van der Waals surface area contributed by atoms with Gasteiger partial charge in [-0.25, -0.2) is 4.79 Å². The van der Waals surface area contributed by atoms with E-state index >= 15 is 0 Å². The Kier molecular flexibility index (Phi) is 7.21. The third-order valence-electron chi connectivity index (χ3n) is 1.85. The van der Waals surface area contributed by atoms with E-state index in [1.54, 1.807) is 6.08 Å². The van der Waals surface area contributed by atoms with Crippen LogP contribution in [0.2, 0.25) is 0 Å². The highest BCUT2D eigenvalue weighted by atomic mass is 16.5. The Hall–Kier alpha value is -1.35. The molecule has 90 valence electrons. The molecule has 0 aliphatic rings. The van der Waals surface area contributed by atoms with Gasteiger partial charge in [-0.05, 0) is 39.7 Å². The molecule has 1 N–H and O–H groups in total. The van der Waals surface area contributed by atoms with Gasteiger partial charge in [0.25, 0.3) is 0 Å². The van der Waals surface area contributed by atoms with E-state index in [9.17, 15) is 4.79 Å². The van der Waals surface area contributed by atoms with Gasteiger partial charge < -0.3 is 9.84 Å². The largest absolute Gasteiger partial charge is 0.433 e. The third kappa shape index (κ3) is 8.00. The van der Waals surface area contributed by atoms with Crippen molar-refractivity contribution in [1.29, 1.82) is 0 Å². The van der Waals surface area contributed by atoms with Gasteiger partial charge in [-0.15, -0.1) is 0 Å². The number of aliphatic hydroxyl groups is 1. The molecule has 0 radical (unpaired) electrons. The van der Waals surface area contributed by atoms with Gasteiger partial charge in [0.1, 0.15) is 6.10 Å². The van der Waals surface area contributed by atoms with Crippen LogP contribution in [0.25, 0.3) is 0 Å². The van der Waals surface area contributed by atoms with Gasteiger partial charge in [-0.3, -0.25) is 0 Å². The number of hydrogen-bond donors (Lipinski definition) is 1. The lowest BCUT2D eigenvalue weighted by Crippen LogP contribution is -2.16. The smallest absolute Gasteiger partial charge is 0.339 e. The molecule has 0 saturated carbocycles. The highest BCUT2D eigenvalue weighted by Crippen LogP contribution is 2.06. The van der Waals surface area contributed by atoms with Gasteiger partial charge >= 0.3 is 5.97 Å². The number of esters is 1. The van der Waals surface area contributed by atoms with Gasteiger partial charge in [0, 0.05) is 0 Å². The lowest BCUT2D eigenvalue weighted by molar-refractivity contribution is -0.146. The fourth-order valence-electron chi connectivity index (χ4n) is 0.925. The molecular formula is C13H20O3. The van der Waals surface area contributed by atoms with Crippen molar-refractivity contribution in [2.75, 3.05) is 0 Å². The van der Waals surface area contributed by atoms with Crippen LogP contribution in [-0.4, -0.2) is 17.2 Å². The summed E-state index contributed by atoms with van der Waals surface area (Å²) in [6.45, 7) is 9.27. The molecule has 0 aromatic carbocycles. The van der Waals surface area contributed by atoms with E-state index in [-0.39, 0.29) is 0 Å². The monoisotopic (exact) mass is 224 g/mol. The summed E-state index contributed by atoms with van der Waals surface area (Å²) in [4.78, 5) is 10.9. The topological polar surface area (TPSA) is 46.5 Å². The molecule has 0 spiro atoms. The maximum absolute atomic E-state index is 10.9. The Labute approximate surface area is 97.1 Å². The van der Waals surface area contributed by atoms with Crippen LogP contribution in [0, 0.1) is 0 Å². The van der Waals surface area contributed by atoms with Crippen LogP contribution < -0.4 is 0 Å². The minimum atomic E-state index is -1.09. The predicted octanol–water partition coefficient (Wildman–Crippen LogP) is 2.73. The first-order valence-corrected chi connectivity index (χ1v) is 5.29. The van der Waals surface area contributed by atoms with Crippen molar-refractivity contribution >= 4 is 5.97 Å². The second kappa shape index (κ2) is 7.88. The lowest BCUT2D eigenvalue weighted by atomic mass is 10.1. The summed E-state index contributed by atoms with van der Waals surface area (Å²) in [5, 5.41) is 8.85. The Morgan fingerprint density at radius 3 is 2.62 bits per heavy atom. The number of ether oxygens (including phenoxy) is 1. The third-order valence-corrected chi connectivity index (χ3v) is 1.85. The number of rotatable bonds is 6. The average Bonchev–Trinajstić information content (AvgIpc) is 2.16. The molecule has 0 aromatic heterocycles. The van der Waals surface area contributed by atoms with Crippen molar-refractivity contribution in [2.45, 2.75) is 39.7 Å². The van der Waals surface area contributed by atoms with Crippen molar-refractivity contribution in [3.8, 4) is 0 Å². The van der Waals surface area contributed by atoms with Gasteiger partial charge in [0.2, 0.25) is 0 Å². The van der Waals surface area contributed by atoms with Crippen LogP contribution in [0.3, 0.4) is 0 Å². The highest BCUT2D eigenvalue weighted by Gasteiger charge is 2.07. The van der Waals surface area contributed by atoms with Crippen LogP contribution in [0.1, 0.15) is 33.6 Å². The minimum Gasteiger partial charge on any atom is -0.433 e. The van der Waals surface area contributed by atoms with Gasteiger partial charge in [-0.2, -0.15) is 0 Å². The Bertz CT molecular complexity index is 294. The van der Waals surface area contributed by atoms with E-state index in [0.29, 0.717) is 0 Å². The van der Waals surface area contributed by atoms with Crippen LogP contribution >= 0.6 is 0 Å². The Morgan fingerprint density at radius 1 is 1.50 bits per heavy atom. The number of allylic oxidation sites excluding steroid dienone is 4.